The van der Waals surface area contributed by atoms with Gasteiger partial charge in [-0.2, -0.15) is 0 Å². The molecule has 1 N–H and O–H groups in total. The predicted octanol–water partition coefficient (Wildman–Crippen LogP) is 0.236. The van der Waals surface area contributed by atoms with E-state index in [4.69, 9.17) is 4.74 Å². The fourth-order valence-electron chi connectivity index (χ4n) is 1.84. The molecule has 1 atom stereocenters. The number of aliphatic hydroxyl groups is 1. The van der Waals surface area contributed by atoms with Crippen LogP contribution >= 0.6 is 0 Å². The highest BCUT2D eigenvalue weighted by Gasteiger charge is 2.25. The lowest BCUT2D eigenvalue weighted by molar-refractivity contribution is 0.0520. The van der Waals surface area contributed by atoms with Gasteiger partial charge >= 0.3 is 5.97 Å². The quantitative estimate of drug-likeness (QED) is 0.788. The van der Waals surface area contributed by atoms with Crippen molar-refractivity contribution in [3.63, 3.8) is 0 Å². The normalized spacial score (nSPS) is 12.4. The summed E-state index contributed by atoms with van der Waals surface area (Å²) in [7, 11) is 1.80. The first kappa shape index (κ1) is 14.2. The largest absolute Gasteiger partial charge is 0.461 e. The highest BCUT2D eigenvalue weighted by Crippen LogP contribution is 2.21. The first-order valence-electron chi connectivity index (χ1n) is 6.31. The van der Waals surface area contributed by atoms with Crippen molar-refractivity contribution in [2.45, 2.75) is 26.5 Å². The Morgan fingerprint density at radius 2 is 2.30 bits per heavy atom. The molecule has 0 fully saturated rings. The van der Waals surface area contributed by atoms with Crippen LogP contribution in [0.5, 0.6) is 0 Å². The maximum atomic E-state index is 11.9. The molecule has 8 heteroatoms. The zero-order valence-electron chi connectivity index (χ0n) is 11.6. The molecule has 0 radical (unpaired) electrons. The van der Waals surface area contributed by atoms with Crippen LogP contribution in [0.3, 0.4) is 0 Å². The van der Waals surface area contributed by atoms with Crippen LogP contribution in [0.1, 0.15) is 24.3 Å². The molecule has 108 valence electrons. The highest BCUT2D eigenvalue weighted by molar-refractivity contribution is 5.93. The van der Waals surface area contributed by atoms with Crippen molar-refractivity contribution in [1.29, 1.82) is 0 Å². The number of imidazole rings is 1. The van der Waals surface area contributed by atoms with Gasteiger partial charge in [0.15, 0.2) is 5.82 Å². The maximum Gasteiger partial charge on any atom is 0.361 e. The Morgan fingerprint density at radius 3 is 2.85 bits per heavy atom. The second kappa shape index (κ2) is 5.83. The van der Waals surface area contributed by atoms with Gasteiger partial charge in [-0.3, -0.25) is 0 Å². The van der Waals surface area contributed by atoms with Crippen molar-refractivity contribution in [1.82, 2.24) is 24.5 Å². The molecule has 2 aromatic rings. The number of aliphatic hydroxyl groups excluding tert-OH is 1. The van der Waals surface area contributed by atoms with Crippen LogP contribution in [0.2, 0.25) is 0 Å². The number of aromatic nitrogens is 5. The number of hydrogen-bond donors (Lipinski definition) is 1. The van der Waals surface area contributed by atoms with E-state index < -0.39 is 12.1 Å². The monoisotopic (exact) mass is 279 g/mol. The Kier molecular flexibility index (Phi) is 4.14. The second-order valence-corrected chi connectivity index (χ2v) is 4.40. The molecular formula is C12H17N5O3. The molecule has 20 heavy (non-hydrogen) atoms. The summed E-state index contributed by atoms with van der Waals surface area (Å²) in [6, 6.07) is 0. The van der Waals surface area contributed by atoms with Gasteiger partial charge in [-0.05, 0) is 13.8 Å². The summed E-state index contributed by atoms with van der Waals surface area (Å²) in [5.74, 6) is -0.0129. The molecule has 0 aliphatic rings. The predicted molar refractivity (Wildman–Crippen MR) is 69.9 cm³/mol. The van der Waals surface area contributed by atoms with Gasteiger partial charge in [0.25, 0.3) is 0 Å². The molecule has 0 saturated heterocycles. The minimum absolute atomic E-state index is 0.0989. The number of rotatable bonds is 5. The smallest absolute Gasteiger partial charge is 0.361 e. The number of hydrogen-bond acceptors (Lipinski definition) is 6. The van der Waals surface area contributed by atoms with E-state index in [0.717, 1.165) is 0 Å². The second-order valence-electron chi connectivity index (χ2n) is 4.40. The van der Waals surface area contributed by atoms with E-state index >= 15 is 0 Å². The lowest BCUT2D eigenvalue weighted by atomic mass is 10.3. The fourth-order valence-corrected chi connectivity index (χ4v) is 1.84. The third-order valence-electron chi connectivity index (χ3n) is 2.67. The number of ether oxygens (including phenoxy) is 1. The lowest BCUT2D eigenvalue weighted by Gasteiger charge is -2.09. The summed E-state index contributed by atoms with van der Waals surface area (Å²) >= 11 is 0. The Hall–Kier alpha value is -2.22. The van der Waals surface area contributed by atoms with E-state index in [9.17, 15) is 9.90 Å². The summed E-state index contributed by atoms with van der Waals surface area (Å²) < 4.78 is 8.18. The van der Waals surface area contributed by atoms with E-state index in [2.05, 4.69) is 15.3 Å². The zero-order chi connectivity index (χ0) is 14.7. The van der Waals surface area contributed by atoms with Crippen molar-refractivity contribution in [2.24, 2.45) is 7.05 Å². The molecule has 2 heterocycles. The lowest BCUT2D eigenvalue weighted by Crippen LogP contribution is -2.16. The summed E-state index contributed by atoms with van der Waals surface area (Å²) in [4.78, 5) is 16.1. The SMILES string of the molecule is CCOC(=O)c1nnn(CC(C)O)c1-c1nccn1C. The third kappa shape index (κ3) is 2.69. The van der Waals surface area contributed by atoms with Crippen LogP contribution in [-0.2, 0) is 18.3 Å². The van der Waals surface area contributed by atoms with E-state index in [1.807, 2.05) is 0 Å². The van der Waals surface area contributed by atoms with Crippen LogP contribution in [0.4, 0.5) is 0 Å². The zero-order valence-corrected chi connectivity index (χ0v) is 11.6. The van der Waals surface area contributed by atoms with Crippen molar-refractivity contribution in [2.75, 3.05) is 6.61 Å². The molecule has 0 spiro atoms. The average Bonchev–Trinajstić information content (AvgIpc) is 2.95. The molecule has 0 bridgehead atoms. The van der Waals surface area contributed by atoms with E-state index in [1.165, 1.54) is 4.68 Å². The average molecular weight is 279 g/mol. The molecule has 0 amide bonds. The Balaban J connectivity index is 2.51. The molecule has 0 saturated carbocycles. The molecule has 0 aliphatic carbocycles. The van der Waals surface area contributed by atoms with Crippen LogP contribution in [-0.4, -0.2) is 48.3 Å². The first-order chi connectivity index (χ1) is 9.54. The standard InChI is InChI=1S/C12H17N5O3/c1-4-20-12(19)9-10(11-13-5-6-16(11)3)17(15-14-9)7-8(2)18/h5-6,8,18H,4,7H2,1-3H3. The Morgan fingerprint density at radius 1 is 1.55 bits per heavy atom. The Labute approximate surface area is 116 Å². The van der Waals surface area contributed by atoms with E-state index in [0.29, 0.717) is 11.5 Å². The number of nitrogens with zero attached hydrogens (tertiary/aromatic N) is 5. The fraction of sp³-hybridized carbons (Fsp3) is 0.500. The Bertz CT molecular complexity index is 602. The van der Waals surface area contributed by atoms with Crippen LogP contribution in [0.25, 0.3) is 11.5 Å². The van der Waals surface area contributed by atoms with Gasteiger partial charge in [0.1, 0.15) is 5.69 Å². The molecular weight excluding hydrogens is 262 g/mol. The van der Waals surface area contributed by atoms with Gasteiger partial charge in [0, 0.05) is 19.4 Å². The first-order valence-corrected chi connectivity index (χ1v) is 6.31. The minimum atomic E-state index is -0.620. The number of carbonyl (C=O) groups is 1. The van der Waals surface area contributed by atoms with Gasteiger partial charge in [-0.1, -0.05) is 5.21 Å². The number of esters is 1. The highest BCUT2D eigenvalue weighted by atomic mass is 16.5. The van der Waals surface area contributed by atoms with Crippen LogP contribution in [0, 0.1) is 0 Å². The van der Waals surface area contributed by atoms with Gasteiger partial charge in [0.2, 0.25) is 5.69 Å². The van der Waals surface area contributed by atoms with Crippen molar-refractivity contribution >= 4 is 5.97 Å². The van der Waals surface area contributed by atoms with E-state index in [1.54, 1.807) is 37.9 Å². The molecule has 0 aromatic carbocycles. The van der Waals surface area contributed by atoms with Gasteiger partial charge in [-0.15, -0.1) is 5.10 Å². The van der Waals surface area contributed by atoms with Crippen LogP contribution in [0.15, 0.2) is 12.4 Å². The van der Waals surface area contributed by atoms with Crippen molar-refractivity contribution < 1.29 is 14.6 Å². The topological polar surface area (TPSA) is 95.1 Å². The molecule has 2 rings (SSSR count). The number of aryl methyl sites for hydroxylation is 1. The van der Waals surface area contributed by atoms with E-state index in [-0.39, 0.29) is 18.8 Å². The molecule has 0 aliphatic heterocycles. The molecule has 8 nitrogen and oxygen atoms in total. The molecule has 1 unspecified atom stereocenters. The molecule has 2 aromatic heterocycles. The maximum absolute atomic E-state index is 11.9. The number of carbonyl (C=O) groups excluding carboxylic acids is 1. The summed E-state index contributed by atoms with van der Waals surface area (Å²) in [5, 5.41) is 17.3. The minimum Gasteiger partial charge on any atom is -0.461 e. The van der Waals surface area contributed by atoms with Gasteiger partial charge in [0.05, 0.1) is 19.3 Å². The summed E-state index contributed by atoms with van der Waals surface area (Å²) in [5.41, 5.74) is 0.540. The van der Waals surface area contributed by atoms with Crippen molar-refractivity contribution in [3.05, 3.63) is 18.1 Å². The van der Waals surface area contributed by atoms with Gasteiger partial charge < -0.3 is 14.4 Å². The summed E-state index contributed by atoms with van der Waals surface area (Å²) in [6.45, 7) is 3.82. The summed E-state index contributed by atoms with van der Waals surface area (Å²) in [6.07, 6.45) is 2.75. The van der Waals surface area contributed by atoms with Gasteiger partial charge in [-0.25, -0.2) is 14.5 Å². The van der Waals surface area contributed by atoms with Crippen LogP contribution < -0.4 is 0 Å². The van der Waals surface area contributed by atoms with Crippen molar-refractivity contribution in [3.8, 4) is 11.5 Å². The third-order valence-corrected chi connectivity index (χ3v) is 2.67.